The van der Waals surface area contributed by atoms with Crippen LogP contribution < -0.4 is 0 Å². The Labute approximate surface area is 84.3 Å². The minimum atomic E-state index is -0.598. The van der Waals surface area contributed by atoms with Crippen LogP contribution in [0.25, 0.3) is 0 Å². The van der Waals surface area contributed by atoms with E-state index in [2.05, 4.69) is 0 Å². The molecule has 1 saturated carbocycles. The van der Waals surface area contributed by atoms with E-state index in [1.807, 2.05) is 0 Å². The molecule has 0 amide bonds. The van der Waals surface area contributed by atoms with Gasteiger partial charge in [-0.2, -0.15) is 0 Å². The molecule has 0 spiro atoms. The fourth-order valence-electron chi connectivity index (χ4n) is 2.18. The molecule has 0 bridgehead atoms. The number of alkyl halides is 1. The molecule has 1 fully saturated rings. The number of unbranched alkanes of at least 4 members (excludes halogenated alkanes) is 1. The van der Waals surface area contributed by atoms with Gasteiger partial charge in [0, 0.05) is 5.88 Å². The molecule has 0 unspecified atom stereocenters. The molecular formula is C10H17ClO2. The molecule has 0 aromatic heterocycles. The second-order valence-electron chi connectivity index (χ2n) is 3.94. The number of rotatable bonds is 5. The van der Waals surface area contributed by atoms with Crippen LogP contribution in [0.2, 0.25) is 0 Å². The van der Waals surface area contributed by atoms with Crippen LogP contribution in [0, 0.1) is 5.41 Å². The molecule has 0 aromatic carbocycles. The SMILES string of the molecule is O=C(O)C1(CCCCCl)CCCC1. The van der Waals surface area contributed by atoms with Gasteiger partial charge < -0.3 is 5.11 Å². The predicted octanol–water partition coefficient (Wildman–Crippen LogP) is 3.04. The average Bonchev–Trinajstić information content (AvgIpc) is 2.55. The van der Waals surface area contributed by atoms with Crippen LogP contribution in [-0.4, -0.2) is 17.0 Å². The van der Waals surface area contributed by atoms with E-state index in [4.69, 9.17) is 16.7 Å². The molecule has 0 heterocycles. The Morgan fingerprint density at radius 2 is 1.92 bits per heavy atom. The summed E-state index contributed by atoms with van der Waals surface area (Å²) < 4.78 is 0. The van der Waals surface area contributed by atoms with E-state index < -0.39 is 11.4 Å². The van der Waals surface area contributed by atoms with E-state index in [9.17, 15) is 4.79 Å². The second-order valence-corrected chi connectivity index (χ2v) is 4.32. The van der Waals surface area contributed by atoms with Crippen molar-refractivity contribution < 1.29 is 9.90 Å². The third-order valence-electron chi connectivity index (χ3n) is 3.05. The van der Waals surface area contributed by atoms with Gasteiger partial charge in [0.2, 0.25) is 0 Å². The lowest BCUT2D eigenvalue weighted by molar-refractivity contribution is -0.149. The quantitative estimate of drug-likeness (QED) is 0.552. The molecule has 0 saturated heterocycles. The molecule has 0 atom stereocenters. The fourth-order valence-corrected chi connectivity index (χ4v) is 2.37. The van der Waals surface area contributed by atoms with Crippen molar-refractivity contribution >= 4 is 17.6 Å². The van der Waals surface area contributed by atoms with E-state index in [0.29, 0.717) is 5.88 Å². The topological polar surface area (TPSA) is 37.3 Å². The molecule has 1 N–H and O–H groups in total. The summed E-state index contributed by atoms with van der Waals surface area (Å²) in [4.78, 5) is 11.1. The van der Waals surface area contributed by atoms with Gasteiger partial charge in [0.1, 0.15) is 0 Å². The van der Waals surface area contributed by atoms with E-state index in [-0.39, 0.29) is 0 Å². The van der Waals surface area contributed by atoms with Crippen molar-refractivity contribution in [2.75, 3.05) is 5.88 Å². The van der Waals surface area contributed by atoms with Crippen LogP contribution in [0.5, 0.6) is 0 Å². The van der Waals surface area contributed by atoms with Gasteiger partial charge in [0.05, 0.1) is 5.41 Å². The maximum atomic E-state index is 11.1. The van der Waals surface area contributed by atoms with E-state index in [1.165, 1.54) is 0 Å². The zero-order valence-corrected chi connectivity index (χ0v) is 8.65. The van der Waals surface area contributed by atoms with Gasteiger partial charge in [-0.05, 0) is 25.7 Å². The Hall–Kier alpha value is -0.240. The maximum absolute atomic E-state index is 11.1. The Morgan fingerprint density at radius 3 is 2.38 bits per heavy atom. The van der Waals surface area contributed by atoms with E-state index in [1.54, 1.807) is 0 Å². The summed E-state index contributed by atoms with van der Waals surface area (Å²) in [6.45, 7) is 0. The summed E-state index contributed by atoms with van der Waals surface area (Å²) in [5.41, 5.74) is -0.397. The number of carboxylic acid groups (broad SMARTS) is 1. The van der Waals surface area contributed by atoms with Crippen LogP contribution in [0.1, 0.15) is 44.9 Å². The lowest BCUT2D eigenvalue weighted by Crippen LogP contribution is -2.27. The zero-order chi connectivity index (χ0) is 9.73. The van der Waals surface area contributed by atoms with Crippen LogP contribution in [0.4, 0.5) is 0 Å². The highest BCUT2D eigenvalue weighted by molar-refractivity contribution is 6.17. The van der Waals surface area contributed by atoms with Crippen LogP contribution in [0.15, 0.2) is 0 Å². The van der Waals surface area contributed by atoms with Gasteiger partial charge in [-0.25, -0.2) is 0 Å². The highest BCUT2D eigenvalue weighted by atomic mass is 35.5. The molecule has 2 nitrogen and oxygen atoms in total. The monoisotopic (exact) mass is 204 g/mol. The lowest BCUT2D eigenvalue weighted by atomic mass is 9.81. The highest BCUT2D eigenvalue weighted by Crippen LogP contribution is 2.42. The number of carboxylic acids is 1. The Morgan fingerprint density at radius 1 is 1.31 bits per heavy atom. The molecule has 0 aliphatic heterocycles. The normalized spacial score (nSPS) is 20.4. The molecule has 3 heteroatoms. The minimum Gasteiger partial charge on any atom is -0.481 e. The highest BCUT2D eigenvalue weighted by Gasteiger charge is 2.40. The Kier molecular flexibility index (Phi) is 4.04. The first-order valence-corrected chi connectivity index (χ1v) is 5.54. The van der Waals surface area contributed by atoms with Crippen molar-refractivity contribution in [1.82, 2.24) is 0 Å². The van der Waals surface area contributed by atoms with Crippen LogP contribution in [-0.2, 0) is 4.79 Å². The van der Waals surface area contributed by atoms with Crippen molar-refractivity contribution in [2.45, 2.75) is 44.9 Å². The number of hydrogen-bond acceptors (Lipinski definition) is 1. The van der Waals surface area contributed by atoms with Crippen molar-refractivity contribution in [3.05, 3.63) is 0 Å². The standard InChI is InChI=1S/C10H17ClO2/c11-8-4-3-7-10(9(12)13)5-1-2-6-10/h1-8H2,(H,12,13). The number of carbonyl (C=O) groups is 1. The first-order chi connectivity index (χ1) is 6.21. The van der Waals surface area contributed by atoms with Gasteiger partial charge in [-0.3, -0.25) is 4.79 Å². The van der Waals surface area contributed by atoms with Gasteiger partial charge in [-0.15, -0.1) is 11.6 Å². The summed E-state index contributed by atoms with van der Waals surface area (Å²) in [5.74, 6) is 0.0509. The van der Waals surface area contributed by atoms with Crippen LogP contribution in [0.3, 0.4) is 0 Å². The van der Waals surface area contributed by atoms with E-state index >= 15 is 0 Å². The molecule has 1 aliphatic carbocycles. The Balaban J connectivity index is 2.43. The molecule has 1 aliphatic rings. The third-order valence-corrected chi connectivity index (χ3v) is 3.32. The molecule has 76 valence electrons. The minimum absolute atomic E-state index is 0.397. The second kappa shape index (κ2) is 4.85. The summed E-state index contributed by atoms with van der Waals surface area (Å²) in [7, 11) is 0. The molecular weight excluding hydrogens is 188 g/mol. The number of hydrogen-bond donors (Lipinski definition) is 1. The summed E-state index contributed by atoms with van der Waals surface area (Å²) in [6.07, 6.45) is 6.59. The molecule has 13 heavy (non-hydrogen) atoms. The molecule has 0 aromatic rings. The predicted molar refractivity (Wildman–Crippen MR) is 53.1 cm³/mol. The average molecular weight is 205 g/mol. The van der Waals surface area contributed by atoms with Gasteiger partial charge in [0.15, 0.2) is 0 Å². The summed E-state index contributed by atoms with van der Waals surface area (Å²) in [6, 6.07) is 0. The first-order valence-electron chi connectivity index (χ1n) is 5.01. The van der Waals surface area contributed by atoms with Gasteiger partial charge in [-0.1, -0.05) is 19.3 Å². The smallest absolute Gasteiger partial charge is 0.309 e. The van der Waals surface area contributed by atoms with Crippen molar-refractivity contribution in [3.63, 3.8) is 0 Å². The van der Waals surface area contributed by atoms with Crippen LogP contribution >= 0.6 is 11.6 Å². The lowest BCUT2D eigenvalue weighted by Gasteiger charge is -2.23. The van der Waals surface area contributed by atoms with Crippen molar-refractivity contribution in [1.29, 1.82) is 0 Å². The Bertz CT molecular complexity index is 174. The first kappa shape index (κ1) is 10.8. The largest absolute Gasteiger partial charge is 0.481 e. The fraction of sp³-hybridized carbons (Fsp3) is 0.900. The van der Waals surface area contributed by atoms with Crippen molar-refractivity contribution in [2.24, 2.45) is 5.41 Å². The third kappa shape index (κ3) is 2.60. The van der Waals surface area contributed by atoms with E-state index in [0.717, 1.165) is 44.9 Å². The summed E-state index contributed by atoms with van der Waals surface area (Å²) in [5, 5.41) is 9.13. The zero-order valence-electron chi connectivity index (χ0n) is 7.89. The van der Waals surface area contributed by atoms with Crippen molar-refractivity contribution in [3.8, 4) is 0 Å². The molecule has 0 radical (unpaired) electrons. The maximum Gasteiger partial charge on any atom is 0.309 e. The number of aliphatic carboxylic acids is 1. The van der Waals surface area contributed by atoms with Gasteiger partial charge in [0.25, 0.3) is 0 Å². The van der Waals surface area contributed by atoms with Gasteiger partial charge >= 0.3 is 5.97 Å². The summed E-state index contributed by atoms with van der Waals surface area (Å²) >= 11 is 5.56. The molecule has 1 rings (SSSR count). The number of halogens is 1.